The molecule has 1 rings (SSSR count). The fraction of sp³-hybridized carbons (Fsp3) is 0.333. The van der Waals surface area contributed by atoms with Crippen LogP contribution in [-0.2, 0) is 0 Å². The summed E-state index contributed by atoms with van der Waals surface area (Å²) in [5, 5.41) is 19.0. The van der Waals surface area contributed by atoms with Gasteiger partial charge in [-0.2, -0.15) is 0 Å². The van der Waals surface area contributed by atoms with Gasteiger partial charge in [0.25, 0.3) is 0 Å². The van der Waals surface area contributed by atoms with Crippen molar-refractivity contribution in [2.75, 3.05) is 0 Å². The Kier molecular flexibility index (Phi) is 3.72. The first-order chi connectivity index (χ1) is 6.63. The molecule has 2 N–H and O–H groups in total. The summed E-state index contributed by atoms with van der Waals surface area (Å²) in [6.45, 7) is 5.66. The number of aromatic hydroxyl groups is 1. The van der Waals surface area contributed by atoms with E-state index in [0.717, 1.165) is 5.56 Å². The van der Waals surface area contributed by atoms with Gasteiger partial charge >= 0.3 is 0 Å². The van der Waals surface area contributed by atoms with Gasteiger partial charge in [-0.15, -0.1) is 6.58 Å². The summed E-state index contributed by atoms with van der Waals surface area (Å²) >= 11 is 0. The molecular weight excluding hydrogens is 176 g/mol. The third-order valence-electron chi connectivity index (χ3n) is 2.25. The van der Waals surface area contributed by atoms with Gasteiger partial charge in [0.1, 0.15) is 5.75 Å². The Morgan fingerprint density at radius 3 is 2.79 bits per heavy atom. The second kappa shape index (κ2) is 4.82. The Labute approximate surface area is 84.5 Å². The predicted octanol–water partition coefficient (Wildman–Crippen LogP) is 2.64. The van der Waals surface area contributed by atoms with E-state index >= 15 is 0 Å². The number of benzene rings is 1. The summed E-state index contributed by atoms with van der Waals surface area (Å²) in [5.74, 6) is 0.458. The smallest absolute Gasteiger partial charge is 0.115 e. The molecule has 0 heterocycles. The van der Waals surface area contributed by atoms with Gasteiger partial charge in [0, 0.05) is 0 Å². The van der Waals surface area contributed by atoms with Crippen molar-refractivity contribution >= 4 is 0 Å². The molecule has 0 amide bonds. The third kappa shape index (κ3) is 2.89. The third-order valence-corrected chi connectivity index (χ3v) is 2.25. The summed E-state index contributed by atoms with van der Waals surface area (Å²) in [4.78, 5) is 0. The molecule has 0 aliphatic rings. The van der Waals surface area contributed by atoms with Gasteiger partial charge in [-0.25, -0.2) is 0 Å². The highest BCUT2D eigenvalue weighted by Gasteiger charge is 2.10. The van der Waals surface area contributed by atoms with E-state index < -0.39 is 6.10 Å². The number of aliphatic hydroxyl groups excluding tert-OH is 1. The molecule has 0 aromatic heterocycles. The molecule has 0 bridgehead atoms. The molecule has 2 heteroatoms. The standard InChI is InChI=1S/C12H16O2/c1-3-9(2)7-12(14)10-5-4-6-11(13)8-10/h3-6,8-9,12-14H,1,7H2,2H3/t9-,12+/m0/s1. The second-order valence-corrected chi connectivity index (χ2v) is 3.56. The minimum absolute atomic E-state index is 0.188. The van der Waals surface area contributed by atoms with Crippen molar-refractivity contribution in [3.8, 4) is 5.75 Å². The Bertz CT molecular complexity index is 307. The zero-order chi connectivity index (χ0) is 10.6. The molecule has 0 aliphatic heterocycles. The predicted molar refractivity (Wildman–Crippen MR) is 57.0 cm³/mol. The second-order valence-electron chi connectivity index (χ2n) is 3.56. The molecule has 1 aromatic carbocycles. The molecule has 76 valence electrons. The fourth-order valence-electron chi connectivity index (χ4n) is 1.32. The lowest BCUT2D eigenvalue weighted by atomic mass is 9.98. The molecule has 0 spiro atoms. The van der Waals surface area contributed by atoms with E-state index in [1.165, 1.54) is 0 Å². The molecule has 0 saturated carbocycles. The zero-order valence-electron chi connectivity index (χ0n) is 8.35. The molecule has 0 radical (unpaired) electrons. The number of aliphatic hydroxyl groups is 1. The van der Waals surface area contributed by atoms with Crippen LogP contribution in [0.15, 0.2) is 36.9 Å². The van der Waals surface area contributed by atoms with Gasteiger partial charge < -0.3 is 10.2 Å². The summed E-state index contributed by atoms with van der Waals surface area (Å²) in [6.07, 6.45) is 1.91. The average molecular weight is 192 g/mol. The van der Waals surface area contributed by atoms with E-state index in [4.69, 9.17) is 0 Å². The highest BCUT2D eigenvalue weighted by molar-refractivity contribution is 5.28. The van der Waals surface area contributed by atoms with E-state index in [-0.39, 0.29) is 11.7 Å². The minimum Gasteiger partial charge on any atom is -0.508 e. The summed E-state index contributed by atoms with van der Waals surface area (Å²) < 4.78 is 0. The van der Waals surface area contributed by atoms with Crippen LogP contribution in [0, 0.1) is 5.92 Å². The first-order valence-corrected chi connectivity index (χ1v) is 4.73. The van der Waals surface area contributed by atoms with Crippen LogP contribution < -0.4 is 0 Å². The molecule has 1 aromatic rings. The number of allylic oxidation sites excluding steroid dienone is 1. The zero-order valence-corrected chi connectivity index (χ0v) is 8.35. The summed E-state index contributed by atoms with van der Waals surface area (Å²) in [5.41, 5.74) is 0.749. The molecule has 2 nitrogen and oxygen atoms in total. The molecule has 2 atom stereocenters. The number of rotatable bonds is 4. The van der Waals surface area contributed by atoms with Crippen molar-refractivity contribution in [1.82, 2.24) is 0 Å². The van der Waals surface area contributed by atoms with Crippen LogP contribution in [0.5, 0.6) is 5.75 Å². The van der Waals surface area contributed by atoms with Crippen LogP contribution in [0.1, 0.15) is 25.0 Å². The van der Waals surface area contributed by atoms with Crippen LogP contribution in [0.3, 0.4) is 0 Å². The maximum Gasteiger partial charge on any atom is 0.115 e. The quantitative estimate of drug-likeness (QED) is 0.720. The van der Waals surface area contributed by atoms with Crippen molar-refractivity contribution < 1.29 is 10.2 Å². The first-order valence-electron chi connectivity index (χ1n) is 4.73. The molecule has 0 unspecified atom stereocenters. The van der Waals surface area contributed by atoms with Crippen LogP contribution in [-0.4, -0.2) is 10.2 Å². The Morgan fingerprint density at radius 1 is 1.50 bits per heavy atom. The van der Waals surface area contributed by atoms with Crippen molar-refractivity contribution in [3.63, 3.8) is 0 Å². The van der Waals surface area contributed by atoms with Crippen molar-refractivity contribution in [3.05, 3.63) is 42.5 Å². The highest BCUT2D eigenvalue weighted by atomic mass is 16.3. The normalized spacial score (nSPS) is 14.7. The van der Waals surface area contributed by atoms with E-state index in [1.54, 1.807) is 24.3 Å². The molecular formula is C12H16O2. The van der Waals surface area contributed by atoms with Crippen molar-refractivity contribution in [2.24, 2.45) is 5.92 Å². The van der Waals surface area contributed by atoms with Crippen molar-refractivity contribution in [2.45, 2.75) is 19.4 Å². The van der Waals surface area contributed by atoms with Crippen LogP contribution in [0.2, 0.25) is 0 Å². The molecule has 0 fully saturated rings. The molecule has 14 heavy (non-hydrogen) atoms. The Hall–Kier alpha value is -1.28. The Balaban J connectivity index is 2.69. The van der Waals surface area contributed by atoms with Gasteiger partial charge in [0.15, 0.2) is 0 Å². The largest absolute Gasteiger partial charge is 0.508 e. The van der Waals surface area contributed by atoms with Crippen LogP contribution in [0.4, 0.5) is 0 Å². The van der Waals surface area contributed by atoms with Crippen molar-refractivity contribution in [1.29, 1.82) is 0 Å². The van der Waals surface area contributed by atoms with Crippen LogP contribution in [0.25, 0.3) is 0 Å². The maximum absolute atomic E-state index is 9.79. The average Bonchev–Trinajstić information content (AvgIpc) is 2.17. The van der Waals surface area contributed by atoms with E-state index in [0.29, 0.717) is 6.42 Å². The molecule has 0 aliphatic carbocycles. The lowest BCUT2D eigenvalue weighted by molar-refractivity contribution is 0.155. The number of hydrogen-bond donors (Lipinski definition) is 2. The summed E-state index contributed by atoms with van der Waals surface area (Å²) in [7, 11) is 0. The SMILES string of the molecule is C=C[C@H](C)C[C@@H](O)c1cccc(O)c1. The lowest BCUT2D eigenvalue weighted by Crippen LogP contribution is -2.02. The van der Waals surface area contributed by atoms with Gasteiger partial charge in [-0.05, 0) is 30.0 Å². The Morgan fingerprint density at radius 2 is 2.21 bits per heavy atom. The number of hydrogen-bond acceptors (Lipinski definition) is 2. The number of phenols is 1. The van der Waals surface area contributed by atoms with E-state index in [2.05, 4.69) is 6.58 Å². The molecule has 0 saturated heterocycles. The van der Waals surface area contributed by atoms with E-state index in [9.17, 15) is 10.2 Å². The fourth-order valence-corrected chi connectivity index (χ4v) is 1.32. The van der Waals surface area contributed by atoms with Gasteiger partial charge in [-0.1, -0.05) is 25.1 Å². The van der Waals surface area contributed by atoms with Gasteiger partial charge in [-0.3, -0.25) is 0 Å². The highest BCUT2D eigenvalue weighted by Crippen LogP contribution is 2.24. The van der Waals surface area contributed by atoms with Crippen LogP contribution >= 0.6 is 0 Å². The van der Waals surface area contributed by atoms with Gasteiger partial charge in [0.2, 0.25) is 0 Å². The number of phenolic OH excluding ortho intramolecular Hbond substituents is 1. The minimum atomic E-state index is -0.532. The monoisotopic (exact) mass is 192 g/mol. The first kappa shape index (κ1) is 10.8. The topological polar surface area (TPSA) is 40.5 Å². The maximum atomic E-state index is 9.79. The van der Waals surface area contributed by atoms with Gasteiger partial charge in [0.05, 0.1) is 6.10 Å². The lowest BCUT2D eigenvalue weighted by Gasteiger charge is -2.13. The van der Waals surface area contributed by atoms with E-state index in [1.807, 2.05) is 13.0 Å². The summed E-state index contributed by atoms with van der Waals surface area (Å²) in [6, 6.07) is 6.71.